The Hall–Kier alpha value is -2.01. The standard InChI is InChI=1S/C14H12BrN3O/c15-13-6-4-5-12(9-13)10-16-17-14(19)11-18-7-2-1-3-8-18/h1-10H,11H2/p+1/b16-10-. The Morgan fingerprint density at radius 3 is 2.79 bits per heavy atom. The van der Waals surface area contributed by atoms with Crippen LogP contribution in [0.2, 0.25) is 0 Å². The minimum absolute atomic E-state index is 0.164. The molecule has 2 rings (SSSR count). The molecule has 0 bridgehead atoms. The van der Waals surface area contributed by atoms with E-state index in [4.69, 9.17) is 0 Å². The number of hydrogen-bond donors (Lipinski definition) is 1. The lowest BCUT2D eigenvalue weighted by molar-refractivity contribution is -0.684. The molecule has 0 aliphatic rings. The minimum Gasteiger partial charge on any atom is -0.266 e. The summed E-state index contributed by atoms with van der Waals surface area (Å²) >= 11 is 3.37. The average Bonchev–Trinajstić information content (AvgIpc) is 2.40. The molecule has 4 nitrogen and oxygen atoms in total. The number of hydrazone groups is 1. The normalized spacial score (nSPS) is 10.6. The highest BCUT2D eigenvalue weighted by atomic mass is 79.9. The van der Waals surface area contributed by atoms with Crippen LogP contribution in [0.5, 0.6) is 0 Å². The van der Waals surface area contributed by atoms with E-state index in [2.05, 4.69) is 26.5 Å². The molecule has 0 fully saturated rings. The van der Waals surface area contributed by atoms with Gasteiger partial charge in [0.2, 0.25) is 6.54 Å². The zero-order valence-electron chi connectivity index (χ0n) is 10.2. The van der Waals surface area contributed by atoms with Crippen molar-refractivity contribution in [1.82, 2.24) is 5.43 Å². The summed E-state index contributed by atoms with van der Waals surface area (Å²) < 4.78 is 2.76. The van der Waals surface area contributed by atoms with E-state index in [1.54, 1.807) is 10.8 Å². The largest absolute Gasteiger partial charge is 0.305 e. The van der Waals surface area contributed by atoms with Crippen LogP contribution in [0.15, 0.2) is 64.4 Å². The second kappa shape index (κ2) is 6.80. The van der Waals surface area contributed by atoms with Crippen molar-refractivity contribution in [2.75, 3.05) is 0 Å². The molecule has 2 aromatic rings. The molecular weight excluding hydrogens is 306 g/mol. The molecule has 1 aromatic carbocycles. The quantitative estimate of drug-likeness (QED) is 0.522. The summed E-state index contributed by atoms with van der Waals surface area (Å²) in [6.07, 6.45) is 5.27. The third kappa shape index (κ3) is 4.63. The maximum Gasteiger partial charge on any atom is 0.305 e. The first kappa shape index (κ1) is 13.4. The van der Waals surface area contributed by atoms with Crippen molar-refractivity contribution >= 4 is 28.1 Å². The summed E-state index contributed by atoms with van der Waals surface area (Å²) in [7, 11) is 0. The van der Waals surface area contributed by atoms with Gasteiger partial charge < -0.3 is 0 Å². The van der Waals surface area contributed by atoms with Gasteiger partial charge >= 0.3 is 5.91 Å². The summed E-state index contributed by atoms with van der Waals surface area (Å²) in [5.41, 5.74) is 3.41. The third-order valence-electron chi connectivity index (χ3n) is 2.36. The Labute approximate surface area is 119 Å². The number of carbonyl (C=O) groups is 1. The smallest absolute Gasteiger partial charge is 0.266 e. The van der Waals surface area contributed by atoms with E-state index in [9.17, 15) is 4.79 Å². The predicted octanol–water partition coefficient (Wildman–Crippen LogP) is 1.89. The first-order chi connectivity index (χ1) is 9.24. The number of carbonyl (C=O) groups excluding carboxylic acids is 1. The van der Waals surface area contributed by atoms with Gasteiger partial charge in [0.25, 0.3) is 0 Å². The van der Waals surface area contributed by atoms with Crippen molar-refractivity contribution in [2.45, 2.75) is 6.54 Å². The molecule has 1 amide bonds. The third-order valence-corrected chi connectivity index (χ3v) is 2.85. The van der Waals surface area contributed by atoms with Gasteiger partial charge in [-0.05, 0) is 17.7 Å². The van der Waals surface area contributed by atoms with E-state index in [0.29, 0.717) is 0 Å². The average molecular weight is 319 g/mol. The van der Waals surface area contributed by atoms with E-state index < -0.39 is 0 Å². The van der Waals surface area contributed by atoms with E-state index >= 15 is 0 Å². The number of halogens is 1. The van der Waals surface area contributed by atoms with E-state index in [-0.39, 0.29) is 12.5 Å². The van der Waals surface area contributed by atoms with Gasteiger partial charge in [-0.15, -0.1) is 0 Å². The molecule has 0 unspecified atom stereocenters. The van der Waals surface area contributed by atoms with Crippen LogP contribution >= 0.6 is 15.9 Å². The highest BCUT2D eigenvalue weighted by Gasteiger charge is 2.06. The lowest BCUT2D eigenvalue weighted by Crippen LogP contribution is -2.40. The van der Waals surface area contributed by atoms with Gasteiger partial charge in [0.05, 0.1) is 6.21 Å². The van der Waals surface area contributed by atoms with Crippen LogP contribution in [0.3, 0.4) is 0 Å². The molecule has 1 N–H and O–H groups in total. The van der Waals surface area contributed by atoms with Crippen LogP contribution in [0.25, 0.3) is 0 Å². The predicted molar refractivity (Wildman–Crippen MR) is 76.5 cm³/mol. The highest BCUT2D eigenvalue weighted by molar-refractivity contribution is 9.10. The summed E-state index contributed by atoms with van der Waals surface area (Å²) in [4.78, 5) is 11.6. The lowest BCUT2D eigenvalue weighted by atomic mass is 10.2. The minimum atomic E-state index is -0.164. The Bertz CT molecular complexity index is 584. The molecule has 0 radical (unpaired) electrons. The van der Waals surface area contributed by atoms with Crippen molar-refractivity contribution in [3.8, 4) is 0 Å². The molecule has 0 spiro atoms. The number of nitrogens with zero attached hydrogens (tertiary/aromatic N) is 2. The monoisotopic (exact) mass is 318 g/mol. The van der Waals surface area contributed by atoms with Crippen LogP contribution in [-0.2, 0) is 11.3 Å². The molecule has 1 heterocycles. The van der Waals surface area contributed by atoms with E-state index in [0.717, 1.165) is 10.0 Å². The Morgan fingerprint density at radius 1 is 1.26 bits per heavy atom. The van der Waals surface area contributed by atoms with Gasteiger partial charge in [0.15, 0.2) is 12.4 Å². The number of hydrogen-bond acceptors (Lipinski definition) is 2. The number of rotatable bonds is 4. The van der Waals surface area contributed by atoms with Crippen LogP contribution in [0, 0.1) is 0 Å². The molecule has 19 heavy (non-hydrogen) atoms. The molecule has 1 aromatic heterocycles. The fraction of sp³-hybridized carbons (Fsp3) is 0.0714. The Morgan fingerprint density at radius 2 is 2.05 bits per heavy atom. The first-order valence-electron chi connectivity index (χ1n) is 5.75. The fourth-order valence-electron chi connectivity index (χ4n) is 1.51. The van der Waals surface area contributed by atoms with Gasteiger partial charge in [-0.25, -0.2) is 5.43 Å². The zero-order valence-corrected chi connectivity index (χ0v) is 11.7. The fourth-order valence-corrected chi connectivity index (χ4v) is 1.92. The second-order valence-electron chi connectivity index (χ2n) is 3.90. The second-order valence-corrected chi connectivity index (χ2v) is 4.81. The summed E-state index contributed by atoms with van der Waals surface area (Å²) in [6, 6.07) is 13.3. The topological polar surface area (TPSA) is 45.3 Å². The van der Waals surface area contributed by atoms with Gasteiger partial charge in [0, 0.05) is 16.6 Å². The first-order valence-corrected chi connectivity index (χ1v) is 6.55. The number of nitrogens with one attached hydrogen (secondary N) is 1. The van der Waals surface area contributed by atoms with Gasteiger partial charge in [-0.1, -0.05) is 34.1 Å². The Balaban J connectivity index is 1.87. The maximum atomic E-state index is 11.6. The van der Waals surface area contributed by atoms with Crippen LogP contribution in [0.1, 0.15) is 5.56 Å². The van der Waals surface area contributed by atoms with E-state index in [1.807, 2.05) is 54.9 Å². The molecule has 96 valence electrons. The van der Waals surface area contributed by atoms with Gasteiger partial charge in [0.1, 0.15) is 0 Å². The van der Waals surface area contributed by atoms with Gasteiger partial charge in [-0.3, -0.25) is 4.79 Å². The SMILES string of the molecule is O=C(C[n+]1ccccc1)N/N=C\c1cccc(Br)c1. The summed E-state index contributed by atoms with van der Waals surface area (Å²) in [5, 5.41) is 3.92. The van der Waals surface area contributed by atoms with E-state index in [1.165, 1.54) is 0 Å². The molecule has 0 saturated heterocycles. The maximum absolute atomic E-state index is 11.6. The molecule has 5 heteroatoms. The molecule has 0 saturated carbocycles. The van der Waals surface area contributed by atoms with Crippen LogP contribution in [0.4, 0.5) is 0 Å². The number of amides is 1. The highest BCUT2D eigenvalue weighted by Crippen LogP contribution is 2.09. The van der Waals surface area contributed by atoms with Crippen molar-refractivity contribution in [3.05, 3.63) is 64.9 Å². The summed E-state index contributed by atoms with van der Waals surface area (Å²) in [6.45, 7) is 0.247. The number of pyridine rings is 1. The number of aromatic nitrogens is 1. The van der Waals surface area contributed by atoms with Gasteiger partial charge in [-0.2, -0.15) is 9.67 Å². The number of benzene rings is 1. The summed E-state index contributed by atoms with van der Waals surface area (Å²) in [5.74, 6) is -0.164. The van der Waals surface area contributed by atoms with Crippen LogP contribution in [-0.4, -0.2) is 12.1 Å². The molecule has 0 aliphatic carbocycles. The Kier molecular flexibility index (Phi) is 4.80. The van der Waals surface area contributed by atoms with Crippen molar-refractivity contribution < 1.29 is 9.36 Å². The molecule has 0 atom stereocenters. The van der Waals surface area contributed by atoms with Crippen molar-refractivity contribution in [1.29, 1.82) is 0 Å². The lowest BCUT2D eigenvalue weighted by Gasteiger charge is -1.97. The zero-order chi connectivity index (χ0) is 13.5. The van der Waals surface area contributed by atoms with Crippen molar-refractivity contribution in [2.24, 2.45) is 5.10 Å². The molecular formula is C14H13BrN3O+. The van der Waals surface area contributed by atoms with Crippen LogP contribution < -0.4 is 9.99 Å². The molecule has 0 aliphatic heterocycles. The van der Waals surface area contributed by atoms with Crippen molar-refractivity contribution in [3.63, 3.8) is 0 Å².